The predicted octanol–water partition coefficient (Wildman–Crippen LogP) is 2.73. The molecule has 1 unspecified atom stereocenters. The van der Waals surface area contributed by atoms with Gasteiger partial charge in [0.2, 0.25) is 5.91 Å². The van der Waals surface area contributed by atoms with Crippen LogP contribution >= 0.6 is 24.0 Å². The topological polar surface area (TPSA) is 59.6 Å². The number of carbonyl (C=O) groups is 1. The van der Waals surface area contributed by atoms with Gasteiger partial charge in [0.25, 0.3) is 0 Å². The van der Waals surface area contributed by atoms with Crippen molar-refractivity contribution < 1.29 is 14.3 Å². The van der Waals surface area contributed by atoms with Crippen molar-refractivity contribution in [1.29, 1.82) is 0 Å². The summed E-state index contributed by atoms with van der Waals surface area (Å²) in [6.45, 7) is 5.13. The first-order valence-corrected chi connectivity index (χ1v) is 7.60. The van der Waals surface area contributed by atoms with Crippen molar-refractivity contribution in [2.75, 3.05) is 38.2 Å². The first-order valence-electron chi connectivity index (χ1n) is 7.22. The first-order chi connectivity index (χ1) is 10.2. The van der Waals surface area contributed by atoms with Gasteiger partial charge in [0.15, 0.2) is 0 Å². The molecule has 1 fully saturated rings. The number of hydrogen-bond donors (Lipinski definition) is 2. The van der Waals surface area contributed by atoms with Gasteiger partial charge in [0.05, 0.1) is 18.2 Å². The largest absolute Gasteiger partial charge is 0.489 e. The summed E-state index contributed by atoms with van der Waals surface area (Å²) in [6, 6.07) is 5.21. The fraction of sp³-hybridized carbons (Fsp3) is 0.533. The Morgan fingerprint density at radius 3 is 2.95 bits per heavy atom. The van der Waals surface area contributed by atoms with E-state index in [9.17, 15) is 4.79 Å². The Hall–Kier alpha value is -1.01. The molecule has 0 aliphatic carbocycles. The summed E-state index contributed by atoms with van der Waals surface area (Å²) in [5.74, 6) is 0.607. The van der Waals surface area contributed by atoms with Gasteiger partial charge in [-0.3, -0.25) is 4.79 Å². The van der Waals surface area contributed by atoms with Crippen molar-refractivity contribution in [2.24, 2.45) is 5.92 Å². The Morgan fingerprint density at radius 2 is 2.27 bits per heavy atom. The van der Waals surface area contributed by atoms with Crippen LogP contribution < -0.4 is 15.4 Å². The molecule has 2 N–H and O–H groups in total. The highest BCUT2D eigenvalue weighted by atomic mass is 35.5. The molecule has 5 nitrogen and oxygen atoms in total. The molecule has 1 aromatic carbocycles. The van der Waals surface area contributed by atoms with E-state index in [2.05, 4.69) is 10.6 Å². The van der Waals surface area contributed by atoms with Crippen LogP contribution in [0, 0.1) is 5.92 Å². The van der Waals surface area contributed by atoms with Gasteiger partial charge in [0, 0.05) is 18.2 Å². The Bertz CT molecular complexity index is 480. The number of nitrogens with one attached hydrogen (secondary N) is 2. The molecule has 0 radical (unpaired) electrons. The number of rotatable bonds is 7. The van der Waals surface area contributed by atoms with Gasteiger partial charge in [0.1, 0.15) is 12.4 Å². The highest BCUT2D eigenvalue weighted by molar-refractivity contribution is 6.31. The third-order valence-corrected chi connectivity index (χ3v) is 3.56. The first kappa shape index (κ1) is 19.0. The average molecular weight is 349 g/mol. The van der Waals surface area contributed by atoms with Crippen molar-refractivity contribution in [1.82, 2.24) is 5.32 Å². The molecule has 0 bridgehead atoms. The van der Waals surface area contributed by atoms with Crippen molar-refractivity contribution in [3.8, 4) is 5.75 Å². The van der Waals surface area contributed by atoms with E-state index in [4.69, 9.17) is 21.1 Å². The lowest BCUT2D eigenvalue weighted by Crippen LogP contribution is -2.25. The summed E-state index contributed by atoms with van der Waals surface area (Å²) in [4.78, 5) is 12.2. The van der Waals surface area contributed by atoms with E-state index in [1.807, 2.05) is 6.92 Å². The van der Waals surface area contributed by atoms with Crippen molar-refractivity contribution in [3.05, 3.63) is 23.2 Å². The quantitative estimate of drug-likeness (QED) is 0.743. The zero-order valence-electron chi connectivity index (χ0n) is 12.6. The van der Waals surface area contributed by atoms with Crippen molar-refractivity contribution in [3.63, 3.8) is 0 Å². The SMILES string of the molecule is CCOCCOc1ccc(Cl)cc1NC(=O)C1CCNC1.Cl. The second-order valence-electron chi connectivity index (χ2n) is 4.86. The average Bonchev–Trinajstić information content (AvgIpc) is 3.00. The number of benzene rings is 1. The van der Waals surface area contributed by atoms with Crippen LogP contribution in [-0.4, -0.2) is 38.8 Å². The number of carbonyl (C=O) groups excluding carboxylic acids is 1. The second-order valence-corrected chi connectivity index (χ2v) is 5.30. The molecule has 1 amide bonds. The maximum absolute atomic E-state index is 12.2. The number of hydrogen-bond acceptors (Lipinski definition) is 4. The molecule has 1 aliphatic heterocycles. The summed E-state index contributed by atoms with van der Waals surface area (Å²) < 4.78 is 10.9. The Morgan fingerprint density at radius 1 is 1.45 bits per heavy atom. The lowest BCUT2D eigenvalue weighted by molar-refractivity contribution is -0.119. The summed E-state index contributed by atoms with van der Waals surface area (Å²) >= 11 is 6.00. The fourth-order valence-corrected chi connectivity index (χ4v) is 2.37. The van der Waals surface area contributed by atoms with Crippen LogP contribution in [-0.2, 0) is 9.53 Å². The summed E-state index contributed by atoms with van der Waals surface area (Å²) in [5, 5.41) is 6.65. The van der Waals surface area contributed by atoms with Crippen LogP contribution in [0.2, 0.25) is 5.02 Å². The van der Waals surface area contributed by atoms with Crippen LogP contribution in [0.4, 0.5) is 5.69 Å². The second kappa shape index (κ2) is 9.90. The standard InChI is InChI=1S/C15H21ClN2O3.ClH/c1-2-20-7-8-21-14-4-3-12(16)9-13(14)18-15(19)11-5-6-17-10-11;/h3-4,9,11,17H,2,5-8,10H2,1H3,(H,18,19);1H. The Kier molecular flexibility index (Phi) is 8.56. The molecule has 1 saturated heterocycles. The van der Waals surface area contributed by atoms with Gasteiger partial charge >= 0.3 is 0 Å². The Balaban J connectivity index is 0.00000242. The molecule has 1 heterocycles. The molecule has 124 valence electrons. The third-order valence-electron chi connectivity index (χ3n) is 3.32. The van der Waals surface area contributed by atoms with E-state index in [1.165, 1.54) is 0 Å². The Labute approximate surface area is 142 Å². The van der Waals surface area contributed by atoms with Gasteiger partial charge in [-0.1, -0.05) is 11.6 Å². The minimum absolute atomic E-state index is 0. The van der Waals surface area contributed by atoms with Crippen LogP contribution in [0.5, 0.6) is 5.75 Å². The van der Waals surface area contributed by atoms with Crippen LogP contribution in [0.1, 0.15) is 13.3 Å². The smallest absolute Gasteiger partial charge is 0.228 e. The van der Waals surface area contributed by atoms with Gasteiger partial charge in [-0.15, -0.1) is 12.4 Å². The molecular weight excluding hydrogens is 327 g/mol. The van der Waals surface area contributed by atoms with E-state index in [-0.39, 0.29) is 24.2 Å². The van der Waals surface area contributed by atoms with Crippen LogP contribution in [0.15, 0.2) is 18.2 Å². The van der Waals surface area contributed by atoms with E-state index in [0.717, 1.165) is 13.0 Å². The normalized spacial score (nSPS) is 16.9. The number of amides is 1. The van der Waals surface area contributed by atoms with E-state index in [0.29, 0.717) is 42.8 Å². The molecule has 7 heteroatoms. The molecule has 1 aliphatic rings. The predicted molar refractivity (Wildman–Crippen MR) is 90.3 cm³/mol. The lowest BCUT2D eigenvalue weighted by atomic mass is 10.1. The highest BCUT2D eigenvalue weighted by Gasteiger charge is 2.23. The van der Waals surface area contributed by atoms with Crippen LogP contribution in [0.25, 0.3) is 0 Å². The fourth-order valence-electron chi connectivity index (χ4n) is 2.19. The molecule has 0 spiro atoms. The maximum Gasteiger partial charge on any atom is 0.228 e. The van der Waals surface area contributed by atoms with Crippen molar-refractivity contribution >= 4 is 35.6 Å². The molecule has 0 aromatic heterocycles. The minimum atomic E-state index is -0.00285. The maximum atomic E-state index is 12.2. The van der Waals surface area contributed by atoms with Crippen LogP contribution in [0.3, 0.4) is 0 Å². The molecular formula is C15H22Cl2N2O3. The molecule has 1 atom stereocenters. The summed E-state index contributed by atoms with van der Waals surface area (Å²) in [7, 11) is 0. The number of anilines is 1. The third kappa shape index (κ3) is 5.65. The van der Waals surface area contributed by atoms with Gasteiger partial charge < -0.3 is 20.1 Å². The zero-order valence-corrected chi connectivity index (χ0v) is 14.1. The number of halogens is 2. The number of ether oxygens (including phenoxy) is 2. The van der Waals surface area contributed by atoms with Gasteiger partial charge in [-0.2, -0.15) is 0 Å². The lowest BCUT2D eigenvalue weighted by Gasteiger charge is -2.15. The molecule has 1 aromatic rings. The molecule has 22 heavy (non-hydrogen) atoms. The minimum Gasteiger partial charge on any atom is -0.489 e. The zero-order chi connectivity index (χ0) is 15.1. The molecule has 0 saturated carbocycles. The summed E-state index contributed by atoms with van der Waals surface area (Å²) in [6.07, 6.45) is 0.854. The molecule has 2 rings (SSSR count). The monoisotopic (exact) mass is 348 g/mol. The summed E-state index contributed by atoms with van der Waals surface area (Å²) in [5.41, 5.74) is 0.607. The van der Waals surface area contributed by atoms with Gasteiger partial charge in [-0.05, 0) is 38.1 Å². The van der Waals surface area contributed by atoms with Gasteiger partial charge in [-0.25, -0.2) is 0 Å². The highest BCUT2D eigenvalue weighted by Crippen LogP contribution is 2.28. The van der Waals surface area contributed by atoms with Crippen molar-refractivity contribution in [2.45, 2.75) is 13.3 Å². The van der Waals surface area contributed by atoms with E-state index >= 15 is 0 Å². The van der Waals surface area contributed by atoms with E-state index < -0.39 is 0 Å². The van der Waals surface area contributed by atoms with E-state index in [1.54, 1.807) is 18.2 Å².